The van der Waals surface area contributed by atoms with Gasteiger partial charge in [-0.1, -0.05) is 29.8 Å². The van der Waals surface area contributed by atoms with Crippen molar-refractivity contribution in [3.05, 3.63) is 29.8 Å². The maximum atomic E-state index is 12.4. The van der Waals surface area contributed by atoms with E-state index in [1.165, 1.54) is 6.92 Å². The van der Waals surface area contributed by atoms with Crippen LogP contribution < -0.4 is 4.90 Å². The monoisotopic (exact) mass is 285 g/mol. The minimum atomic E-state index is -1.31. The quantitative estimate of drug-likeness (QED) is 0.685. The minimum Gasteiger partial charge on any atom is -0.338 e. The highest BCUT2D eigenvalue weighted by molar-refractivity contribution is 6.35. The van der Waals surface area contributed by atoms with E-state index in [4.69, 9.17) is 27.9 Å². The van der Waals surface area contributed by atoms with Crippen LogP contribution in [-0.2, 0) is 19.9 Å². The summed E-state index contributed by atoms with van der Waals surface area (Å²) >= 11 is 12.0. The minimum absolute atomic E-state index is 0.366. The molecule has 0 radical (unpaired) electrons. The Balaban J connectivity index is 2.20. The van der Waals surface area contributed by atoms with Gasteiger partial charge in [-0.15, -0.1) is 11.6 Å². The van der Waals surface area contributed by atoms with Crippen LogP contribution in [0.5, 0.6) is 0 Å². The molecule has 1 fully saturated rings. The molecular weight excluding hydrogens is 277 g/mol. The highest BCUT2D eigenvalue weighted by Gasteiger charge is 2.67. The maximum Gasteiger partial charge on any atom is 0.272 e. The summed E-state index contributed by atoms with van der Waals surface area (Å²) in [6.45, 7) is 1.33. The molecule has 0 bridgehead atoms. The third-order valence-corrected chi connectivity index (χ3v) is 4.30. The van der Waals surface area contributed by atoms with Crippen molar-refractivity contribution < 1.29 is 14.3 Å². The Morgan fingerprint density at radius 2 is 2.06 bits per heavy atom. The first-order chi connectivity index (χ1) is 8.50. The van der Waals surface area contributed by atoms with Gasteiger partial charge in [-0.05, 0) is 6.07 Å². The molecule has 1 saturated heterocycles. The fraction of sp³-hybridized carbons (Fsp3) is 0.333. The normalized spacial score (nSPS) is 33.5. The molecule has 2 aliphatic rings. The second-order valence-electron chi connectivity index (χ2n) is 4.28. The molecule has 1 aromatic carbocycles. The highest BCUT2D eigenvalue weighted by Crippen LogP contribution is 2.55. The van der Waals surface area contributed by atoms with Crippen LogP contribution in [0.15, 0.2) is 24.3 Å². The molecule has 0 N–H and O–H groups in total. The molecule has 1 aromatic rings. The van der Waals surface area contributed by atoms with Crippen LogP contribution in [0.4, 0.5) is 5.69 Å². The lowest BCUT2D eigenvalue weighted by atomic mass is 9.87. The Hall–Kier alpha value is -1.10. The first kappa shape index (κ1) is 12.0. The lowest BCUT2D eigenvalue weighted by molar-refractivity contribution is -0.182. The molecule has 0 aromatic heterocycles. The maximum absolute atomic E-state index is 12.4. The van der Waals surface area contributed by atoms with E-state index in [9.17, 15) is 9.59 Å². The summed E-state index contributed by atoms with van der Waals surface area (Å²) in [5, 5.41) is -0.683. The number of para-hydroxylation sites is 1. The molecule has 3 rings (SSSR count). The molecule has 94 valence electrons. The molecular formula is C12H9Cl2NO3. The number of benzene rings is 1. The number of alkyl halides is 2. The predicted molar refractivity (Wildman–Crippen MR) is 66.7 cm³/mol. The molecule has 1 unspecified atom stereocenters. The van der Waals surface area contributed by atoms with Gasteiger partial charge in [0.1, 0.15) is 5.38 Å². The molecule has 4 nitrogen and oxygen atoms in total. The molecule has 3 atom stereocenters. The summed E-state index contributed by atoms with van der Waals surface area (Å²) in [5.74, 6) is -0.831. The van der Waals surface area contributed by atoms with Crippen LogP contribution in [0.3, 0.4) is 0 Å². The van der Waals surface area contributed by atoms with E-state index in [0.29, 0.717) is 11.3 Å². The zero-order chi connectivity index (χ0) is 13.1. The second kappa shape index (κ2) is 3.70. The topological polar surface area (TPSA) is 46.6 Å². The number of ether oxygens (including phenoxy) is 1. The third-order valence-electron chi connectivity index (χ3n) is 3.30. The van der Waals surface area contributed by atoms with Crippen molar-refractivity contribution in [1.29, 1.82) is 0 Å². The summed E-state index contributed by atoms with van der Waals surface area (Å²) in [6, 6.07) is 6.94. The average Bonchev–Trinajstić information content (AvgIpc) is 2.61. The molecule has 6 heteroatoms. The summed E-state index contributed by atoms with van der Waals surface area (Å²) < 4.78 is 5.41. The number of carbonyl (C=O) groups is 2. The third kappa shape index (κ3) is 1.20. The van der Waals surface area contributed by atoms with Gasteiger partial charge in [0, 0.05) is 12.5 Å². The molecule has 2 heterocycles. The number of amides is 2. The predicted octanol–water partition coefficient (Wildman–Crippen LogP) is 1.98. The van der Waals surface area contributed by atoms with Gasteiger partial charge in [-0.3, -0.25) is 9.59 Å². The van der Waals surface area contributed by atoms with Gasteiger partial charge in [0.25, 0.3) is 5.91 Å². The van der Waals surface area contributed by atoms with Crippen molar-refractivity contribution in [2.75, 3.05) is 4.90 Å². The van der Waals surface area contributed by atoms with E-state index in [1.807, 2.05) is 0 Å². The van der Waals surface area contributed by atoms with Crippen LogP contribution in [-0.4, -0.2) is 22.8 Å². The summed E-state index contributed by atoms with van der Waals surface area (Å²) in [4.78, 5) is 25.1. The lowest BCUT2D eigenvalue weighted by Gasteiger charge is -2.45. The van der Waals surface area contributed by atoms with Gasteiger partial charge in [0.15, 0.2) is 11.2 Å². The van der Waals surface area contributed by atoms with E-state index >= 15 is 0 Å². The van der Waals surface area contributed by atoms with E-state index < -0.39 is 22.4 Å². The first-order valence-electron chi connectivity index (χ1n) is 5.40. The van der Waals surface area contributed by atoms with Crippen molar-refractivity contribution in [1.82, 2.24) is 0 Å². The van der Waals surface area contributed by atoms with Crippen LogP contribution in [0.2, 0.25) is 0 Å². The molecule has 0 aliphatic carbocycles. The van der Waals surface area contributed by atoms with Gasteiger partial charge in [-0.2, -0.15) is 0 Å². The Morgan fingerprint density at radius 3 is 2.61 bits per heavy atom. The molecule has 18 heavy (non-hydrogen) atoms. The number of imide groups is 1. The van der Waals surface area contributed by atoms with Gasteiger partial charge in [0.05, 0.1) is 5.69 Å². The fourth-order valence-electron chi connectivity index (χ4n) is 2.48. The van der Waals surface area contributed by atoms with Crippen LogP contribution in [0, 0.1) is 0 Å². The molecule has 2 aliphatic heterocycles. The number of carbonyl (C=O) groups excluding carboxylic acids is 2. The van der Waals surface area contributed by atoms with Gasteiger partial charge < -0.3 is 4.74 Å². The van der Waals surface area contributed by atoms with Crippen LogP contribution in [0.1, 0.15) is 12.5 Å². The number of hydrogen-bond donors (Lipinski definition) is 0. The Kier molecular flexibility index (Phi) is 2.46. The summed E-state index contributed by atoms with van der Waals surface area (Å²) in [6.07, 6.45) is 0. The smallest absolute Gasteiger partial charge is 0.272 e. The van der Waals surface area contributed by atoms with Gasteiger partial charge >= 0.3 is 0 Å². The number of nitrogens with zero attached hydrogens (tertiary/aromatic N) is 1. The van der Waals surface area contributed by atoms with Crippen molar-refractivity contribution in [2.24, 2.45) is 0 Å². The van der Waals surface area contributed by atoms with Gasteiger partial charge in [0.2, 0.25) is 5.91 Å². The average molecular weight is 286 g/mol. The summed E-state index contributed by atoms with van der Waals surface area (Å²) in [7, 11) is 0. The lowest BCUT2D eigenvalue weighted by Crippen LogP contribution is -2.62. The van der Waals surface area contributed by atoms with E-state index in [2.05, 4.69) is 0 Å². The van der Waals surface area contributed by atoms with Gasteiger partial charge in [-0.25, -0.2) is 4.90 Å². The Bertz CT molecular complexity index is 562. The number of anilines is 1. The summed E-state index contributed by atoms with van der Waals surface area (Å²) in [5.41, 5.74) is -0.919. The highest BCUT2D eigenvalue weighted by atomic mass is 35.5. The van der Waals surface area contributed by atoms with Crippen LogP contribution in [0.25, 0.3) is 0 Å². The number of fused-ring (bicyclic) bond motifs is 2. The van der Waals surface area contributed by atoms with Crippen molar-refractivity contribution in [3.63, 3.8) is 0 Å². The molecule has 2 amide bonds. The zero-order valence-corrected chi connectivity index (χ0v) is 10.9. The Labute approximate surface area is 113 Å². The van der Waals surface area contributed by atoms with E-state index in [1.54, 1.807) is 24.3 Å². The van der Waals surface area contributed by atoms with Crippen LogP contribution >= 0.6 is 23.2 Å². The SMILES string of the molecule is CC(=O)N1C(=O)C2(O[C@H](Cl)[C@@H]2Cl)c2ccccc21. The number of rotatable bonds is 0. The number of hydrogen-bond acceptors (Lipinski definition) is 3. The van der Waals surface area contributed by atoms with E-state index in [0.717, 1.165) is 4.90 Å². The Morgan fingerprint density at radius 1 is 1.39 bits per heavy atom. The zero-order valence-electron chi connectivity index (χ0n) is 9.39. The molecule has 1 spiro atoms. The standard InChI is InChI=1S/C12H9Cl2NO3/c1-6(16)15-8-5-3-2-4-7(8)12(11(15)17)9(13)10(14)18-12/h2-5,9-10H,1H3/t9-,10-,12?/m0/s1. The molecule has 0 saturated carbocycles. The first-order valence-corrected chi connectivity index (χ1v) is 6.28. The fourth-order valence-corrected chi connectivity index (χ4v) is 3.11. The van der Waals surface area contributed by atoms with E-state index in [-0.39, 0.29) is 5.91 Å². The number of halogens is 2. The van der Waals surface area contributed by atoms with Crippen molar-refractivity contribution >= 4 is 40.7 Å². The second-order valence-corrected chi connectivity index (χ2v) is 5.18. The van der Waals surface area contributed by atoms with Crippen molar-refractivity contribution in [3.8, 4) is 0 Å². The van der Waals surface area contributed by atoms with Crippen molar-refractivity contribution in [2.45, 2.75) is 23.5 Å². The largest absolute Gasteiger partial charge is 0.338 e.